The van der Waals surface area contributed by atoms with Crippen molar-refractivity contribution in [2.45, 2.75) is 25.4 Å². The molecule has 0 N–H and O–H groups in total. The fourth-order valence-corrected chi connectivity index (χ4v) is 1.14. The first-order valence-electron chi connectivity index (χ1n) is 3.08. The Balaban J connectivity index is 1.83. The van der Waals surface area contributed by atoms with E-state index in [-0.39, 0.29) is 0 Å². The summed E-state index contributed by atoms with van der Waals surface area (Å²) in [4.78, 5) is 0. The summed E-state index contributed by atoms with van der Waals surface area (Å²) < 4.78 is 5.11. The van der Waals surface area contributed by atoms with Gasteiger partial charge in [-0.2, -0.15) is 0 Å². The fourth-order valence-electron chi connectivity index (χ4n) is 1.14. The van der Waals surface area contributed by atoms with Crippen molar-refractivity contribution in [2.75, 3.05) is 6.61 Å². The van der Waals surface area contributed by atoms with Crippen LogP contribution in [0.25, 0.3) is 0 Å². The van der Waals surface area contributed by atoms with Crippen molar-refractivity contribution in [1.82, 2.24) is 0 Å². The molecule has 0 unspecified atom stereocenters. The van der Waals surface area contributed by atoms with Gasteiger partial charge in [0.05, 0.1) is 12.7 Å². The molecule has 0 radical (unpaired) electrons. The normalized spacial score (nSPS) is 40.3. The molecule has 1 saturated carbocycles. The van der Waals surface area contributed by atoms with E-state index in [1.807, 2.05) is 0 Å². The van der Waals surface area contributed by atoms with E-state index in [0.717, 1.165) is 12.5 Å². The molecule has 1 aliphatic carbocycles. The number of ether oxygens (including phenoxy) is 1. The highest BCUT2D eigenvalue weighted by Gasteiger charge is 2.35. The van der Waals surface area contributed by atoms with Gasteiger partial charge < -0.3 is 4.74 Å². The third-order valence-electron chi connectivity index (χ3n) is 2.03. The van der Waals surface area contributed by atoms with Crippen molar-refractivity contribution in [2.24, 2.45) is 5.92 Å². The molecule has 0 aromatic carbocycles. The predicted molar refractivity (Wildman–Crippen MR) is 27.1 cm³/mol. The molecule has 1 saturated heterocycles. The minimum atomic E-state index is 0.703. The first-order valence-corrected chi connectivity index (χ1v) is 3.08. The summed E-state index contributed by atoms with van der Waals surface area (Å²) in [5, 5.41) is 0. The molecule has 0 amide bonds. The lowest BCUT2D eigenvalue weighted by Crippen LogP contribution is -2.16. The van der Waals surface area contributed by atoms with E-state index in [1.54, 1.807) is 0 Å². The van der Waals surface area contributed by atoms with Crippen molar-refractivity contribution in [3.8, 4) is 0 Å². The molecule has 0 aromatic rings. The second-order valence-electron chi connectivity index (χ2n) is 2.56. The third kappa shape index (κ3) is 0.556. The summed E-state index contributed by atoms with van der Waals surface area (Å²) in [6, 6.07) is 0. The van der Waals surface area contributed by atoms with E-state index in [0.29, 0.717) is 6.10 Å². The van der Waals surface area contributed by atoms with Gasteiger partial charge in [0.1, 0.15) is 0 Å². The maximum Gasteiger partial charge on any atom is 0.0838 e. The van der Waals surface area contributed by atoms with Crippen LogP contribution in [0.3, 0.4) is 0 Å². The Morgan fingerprint density at radius 2 is 2.00 bits per heavy atom. The summed E-state index contributed by atoms with van der Waals surface area (Å²) in [6.45, 7) is 1.06. The van der Waals surface area contributed by atoms with E-state index in [1.165, 1.54) is 19.3 Å². The van der Waals surface area contributed by atoms with Crippen LogP contribution in [0, 0.1) is 5.92 Å². The number of epoxide rings is 1. The molecule has 1 nitrogen and oxygen atoms in total. The van der Waals surface area contributed by atoms with Crippen LogP contribution in [0.1, 0.15) is 19.3 Å². The standard InChI is InChI=1S/C6H10O/c1-2-5(3-1)6-4-7-6/h5-6H,1-4H2/t6-/m0/s1. The molecule has 2 aliphatic rings. The topological polar surface area (TPSA) is 12.5 Å². The molecule has 2 fully saturated rings. The summed E-state index contributed by atoms with van der Waals surface area (Å²) >= 11 is 0. The monoisotopic (exact) mass is 98.1 g/mol. The largest absolute Gasteiger partial charge is 0.373 e. The van der Waals surface area contributed by atoms with Gasteiger partial charge in [0.15, 0.2) is 0 Å². The molecule has 0 bridgehead atoms. The molecule has 1 atom stereocenters. The van der Waals surface area contributed by atoms with Gasteiger partial charge in [0.25, 0.3) is 0 Å². The van der Waals surface area contributed by atoms with Gasteiger partial charge in [0.2, 0.25) is 0 Å². The molecule has 40 valence electrons. The van der Waals surface area contributed by atoms with Gasteiger partial charge in [-0.05, 0) is 18.8 Å². The van der Waals surface area contributed by atoms with Crippen molar-refractivity contribution < 1.29 is 4.74 Å². The highest BCUT2D eigenvalue weighted by atomic mass is 16.6. The summed E-state index contributed by atoms with van der Waals surface area (Å²) in [5.41, 5.74) is 0. The Morgan fingerprint density at radius 1 is 1.29 bits per heavy atom. The smallest absolute Gasteiger partial charge is 0.0838 e. The highest BCUT2D eigenvalue weighted by Crippen LogP contribution is 2.36. The molecular formula is C6H10O. The van der Waals surface area contributed by atoms with E-state index >= 15 is 0 Å². The number of rotatable bonds is 1. The number of hydrogen-bond donors (Lipinski definition) is 0. The average Bonchev–Trinajstić information content (AvgIpc) is 2.10. The van der Waals surface area contributed by atoms with Crippen molar-refractivity contribution in [3.05, 3.63) is 0 Å². The molecular weight excluding hydrogens is 88.1 g/mol. The SMILES string of the molecule is C1CC([C@@H]2CO2)C1. The highest BCUT2D eigenvalue weighted by molar-refractivity contribution is 4.84. The molecule has 0 aromatic heterocycles. The van der Waals surface area contributed by atoms with Crippen LogP contribution >= 0.6 is 0 Å². The molecule has 0 spiro atoms. The minimum absolute atomic E-state index is 0.703. The zero-order valence-corrected chi connectivity index (χ0v) is 4.39. The third-order valence-corrected chi connectivity index (χ3v) is 2.03. The summed E-state index contributed by atoms with van der Waals surface area (Å²) in [7, 11) is 0. The Hall–Kier alpha value is -0.0400. The lowest BCUT2D eigenvalue weighted by Gasteiger charge is -2.22. The van der Waals surface area contributed by atoms with E-state index < -0.39 is 0 Å². The maximum absolute atomic E-state index is 5.11. The van der Waals surface area contributed by atoms with E-state index in [4.69, 9.17) is 4.74 Å². The van der Waals surface area contributed by atoms with Crippen LogP contribution < -0.4 is 0 Å². The summed E-state index contributed by atoms with van der Waals surface area (Å²) in [6.07, 6.45) is 5.02. The Morgan fingerprint density at radius 3 is 2.14 bits per heavy atom. The average molecular weight is 98.1 g/mol. The zero-order valence-electron chi connectivity index (χ0n) is 4.39. The van der Waals surface area contributed by atoms with Gasteiger partial charge >= 0.3 is 0 Å². The fraction of sp³-hybridized carbons (Fsp3) is 1.00. The van der Waals surface area contributed by atoms with Gasteiger partial charge in [-0.15, -0.1) is 0 Å². The maximum atomic E-state index is 5.11. The van der Waals surface area contributed by atoms with E-state index in [2.05, 4.69) is 0 Å². The second-order valence-corrected chi connectivity index (χ2v) is 2.56. The van der Waals surface area contributed by atoms with Crippen LogP contribution in [0.5, 0.6) is 0 Å². The molecule has 2 rings (SSSR count). The van der Waals surface area contributed by atoms with Crippen LogP contribution in [0.4, 0.5) is 0 Å². The first-order chi connectivity index (χ1) is 3.47. The van der Waals surface area contributed by atoms with E-state index in [9.17, 15) is 0 Å². The van der Waals surface area contributed by atoms with Crippen molar-refractivity contribution >= 4 is 0 Å². The lowest BCUT2D eigenvalue weighted by molar-refractivity contribution is 0.232. The molecule has 1 aliphatic heterocycles. The Bertz CT molecular complexity index is 72.2. The van der Waals surface area contributed by atoms with Gasteiger partial charge in [-0.3, -0.25) is 0 Å². The molecule has 7 heavy (non-hydrogen) atoms. The van der Waals surface area contributed by atoms with Gasteiger partial charge in [0, 0.05) is 0 Å². The van der Waals surface area contributed by atoms with Gasteiger partial charge in [-0.25, -0.2) is 0 Å². The van der Waals surface area contributed by atoms with Crippen LogP contribution in [-0.2, 0) is 4.74 Å². The second kappa shape index (κ2) is 1.22. The number of hydrogen-bond acceptors (Lipinski definition) is 1. The Kier molecular flexibility index (Phi) is 0.680. The zero-order chi connectivity index (χ0) is 4.69. The van der Waals surface area contributed by atoms with Crippen molar-refractivity contribution in [3.63, 3.8) is 0 Å². The minimum Gasteiger partial charge on any atom is -0.373 e. The van der Waals surface area contributed by atoms with Crippen molar-refractivity contribution in [1.29, 1.82) is 0 Å². The van der Waals surface area contributed by atoms with Crippen LogP contribution in [-0.4, -0.2) is 12.7 Å². The predicted octanol–water partition coefficient (Wildman–Crippen LogP) is 1.19. The first kappa shape index (κ1) is 3.90. The summed E-state index contributed by atoms with van der Waals surface area (Å²) in [5.74, 6) is 0.972. The lowest BCUT2D eigenvalue weighted by atomic mass is 9.83. The Labute approximate surface area is 43.7 Å². The van der Waals surface area contributed by atoms with Gasteiger partial charge in [-0.1, -0.05) is 6.42 Å². The quantitative estimate of drug-likeness (QED) is 0.449. The van der Waals surface area contributed by atoms with Crippen LogP contribution in [0.15, 0.2) is 0 Å². The molecule has 1 heteroatoms. The van der Waals surface area contributed by atoms with Crippen LogP contribution in [0.2, 0.25) is 0 Å². The molecule has 1 heterocycles.